The van der Waals surface area contributed by atoms with Crippen LogP contribution in [0.15, 0.2) is 48.5 Å². The minimum Gasteiger partial charge on any atom is -0.496 e. The molecule has 2 saturated heterocycles. The maximum absolute atomic E-state index is 16.3. The van der Waals surface area contributed by atoms with E-state index in [1.807, 2.05) is 0 Å². The van der Waals surface area contributed by atoms with Crippen LogP contribution < -0.4 is 15.2 Å². The standard InChI is InChI=1S/C31H32F4N6O6/c1-45-23-5-3-2-4-20(23)29(44)41-30(47-17-18-6-8-19(9-7-18)28(36)37)26(32)27(38-41)25-21(31(33,34)35)14-39(15-22(25)42)16-24(43)40-10-12-46-13-11-40/h2-9,21,25H,10-17H2,1H3,(H3,36,37). The second-order valence-corrected chi connectivity index (χ2v) is 11.1. The number of carbonyl (C=O) groups excluding carboxylic acids is 3. The maximum atomic E-state index is 16.3. The molecule has 0 bridgehead atoms. The number of hydrogen-bond donors (Lipinski definition) is 2. The van der Waals surface area contributed by atoms with Crippen molar-refractivity contribution in [2.75, 3.05) is 53.0 Å². The van der Waals surface area contributed by atoms with Crippen molar-refractivity contribution in [3.05, 3.63) is 76.7 Å². The van der Waals surface area contributed by atoms with Crippen molar-refractivity contribution in [2.45, 2.75) is 18.7 Å². The summed E-state index contributed by atoms with van der Waals surface area (Å²) >= 11 is 0. The molecule has 2 fully saturated rings. The second-order valence-electron chi connectivity index (χ2n) is 11.1. The number of nitrogens with two attached hydrogens (primary N) is 1. The highest BCUT2D eigenvalue weighted by molar-refractivity contribution is 5.99. The first-order valence-electron chi connectivity index (χ1n) is 14.6. The monoisotopic (exact) mass is 660 g/mol. The number of morpholine rings is 1. The molecule has 3 heterocycles. The van der Waals surface area contributed by atoms with Gasteiger partial charge in [-0.25, -0.2) is 0 Å². The number of methoxy groups -OCH3 is 1. The third kappa shape index (κ3) is 7.28. The molecule has 0 spiro atoms. The van der Waals surface area contributed by atoms with Crippen LogP contribution >= 0.6 is 0 Å². The molecule has 2 aliphatic rings. The van der Waals surface area contributed by atoms with Gasteiger partial charge in [0.15, 0.2) is 5.78 Å². The van der Waals surface area contributed by atoms with Gasteiger partial charge in [-0.05, 0) is 17.7 Å². The van der Waals surface area contributed by atoms with Crippen molar-refractivity contribution in [3.8, 4) is 11.6 Å². The summed E-state index contributed by atoms with van der Waals surface area (Å²) in [4.78, 5) is 42.4. The SMILES string of the molecule is COc1ccccc1C(=O)n1nc(C2C(=O)CN(CC(=O)N3CCOCC3)CC2C(F)(F)F)c(F)c1OCc1ccc(C(=N)N)cc1. The van der Waals surface area contributed by atoms with Crippen LogP contribution in [0.3, 0.4) is 0 Å². The Kier molecular flexibility index (Phi) is 9.91. The number of ketones is 1. The number of rotatable bonds is 9. The highest BCUT2D eigenvalue weighted by atomic mass is 19.4. The number of benzene rings is 2. The summed E-state index contributed by atoms with van der Waals surface area (Å²) in [6.07, 6.45) is -5.00. The molecule has 250 valence electrons. The van der Waals surface area contributed by atoms with Crippen molar-refractivity contribution in [1.29, 1.82) is 5.41 Å². The van der Waals surface area contributed by atoms with E-state index in [0.29, 0.717) is 29.0 Å². The largest absolute Gasteiger partial charge is 0.496 e. The molecule has 2 atom stereocenters. The number of halogens is 4. The molecule has 47 heavy (non-hydrogen) atoms. The number of hydrogen-bond acceptors (Lipinski definition) is 9. The fraction of sp³-hybridized carbons (Fsp3) is 0.387. The molecule has 5 rings (SSSR count). The summed E-state index contributed by atoms with van der Waals surface area (Å²) in [7, 11) is 1.30. The number of Topliss-reactive ketones (excluding diaryl/α,β-unsaturated/α-hetero) is 1. The van der Waals surface area contributed by atoms with E-state index in [2.05, 4.69) is 5.10 Å². The molecule has 2 unspecified atom stereocenters. The van der Waals surface area contributed by atoms with Gasteiger partial charge in [-0.1, -0.05) is 36.4 Å². The Morgan fingerprint density at radius 1 is 1.11 bits per heavy atom. The van der Waals surface area contributed by atoms with Crippen molar-refractivity contribution in [3.63, 3.8) is 0 Å². The first-order chi connectivity index (χ1) is 22.4. The molecule has 2 aliphatic heterocycles. The van der Waals surface area contributed by atoms with Crippen LogP contribution in [-0.4, -0.2) is 102 Å². The number of aromatic nitrogens is 2. The highest BCUT2D eigenvalue weighted by Gasteiger charge is 2.54. The van der Waals surface area contributed by atoms with Crippen molar-refractivity contribution in [2.24, 2.45) is 11.7 Å². The molecule has 0 saturated carbocycles. The quantitative estimate of drug-likeness (QED) is 0.200. The van der Waals surface area contributed by atoms with Gasteiger partial charge in [-0.15, -0.1) is 0 Å². The molecule has 12 nitrogen and oxygen atoms in total. The Hall–Kier alpha value is -4.83. The van der Waals surface area contributed by atoms with Crippen molar-refractivity contribution < 1.29 is 46.2 Å². The summed E-state index contributed by atoms with van der Waals surface area (Å²) in [5.41, 5.74) is 5.36. The summed E-state index contributed by atoms with van der Waals surface area (Å²) in [5.74, 6) is -9.31. The van der Waals surface area contributed by atoms with Gasteiger partial charge in [-0.3, -0.25) is 24.7 Å². The Labute approximate surface area is 266 Å². The van der Waals surface area contributed by atoms with Crippen molar-refractivity contribution in [1.82, 2.24) is 19.6 Å². The second kappa shape index (κ2) is 13.9. The molecule has 3 aromatic rings. The van der Waals surface area contributed by atoms with Gasteiger partial charge in [-0.2, -0.15) is 27.3 Å². The molecule has 2 aromatic carbocycles. The third-order valence-corrected chi connectivity index (χ3v) is 8.00. The van der Waals surface area contributed by atoms with Gasteiger partial charge in [0.1, 0.15) is 23.9 Å². The number of ether oxygens (including phenoxy) is 3. The smallest absolute Gasteiger partial charge is 0.394 e. The van der Waals surface area contributed by atoms with E-state index in [-0.39, 0.29) is 36.8 Å². The fourth-order valence-electron chi connectivity index (χ4n) is 5.58. The number of carbonyl (C=O) groups is 3. The number of likely N-dealkylation sites (tertiary alicyclic amines) is 1. The fourth-order valence-corrected chi connectivity index (χ4v) is 5.58. The first kappa shape index (κ1) is 33.5. The minimum absolute atomic E-state index is 0.0863. The first-order valence-corrected chi connectivity index (χ1v) is 14.6. The molecule has 0 radical (unpaired) electrons. The molecule has 3 N–H and O–H groups in total. The van der Waals surface area contributed by atoms with Gasteiger partial charge in [0, 0.05) is 25.2 Å². The Bertz CT molecular complexity index is 1650. The average molecular weight is 661 g/mol. The Balaban J connectivity index is 1.49. The maximum Gasteiger partial charge on any atom is 0.394 e. The lowest BCUT2D eigenvalue weighted by Gasteiger charge is -2.38. The number of amidine groups is 1. The lowest BCUT2D eigenvalue weighted by Crippen LogP contribution is -2.54. The third-order valence-electron chi connectivity index (χ3n) is 8.00. The number of nitrogens with zero attached hydrogens (tertiary/aromatic N) is 4. The number of nitrogens with one attached hydrogen (secondary N) is 1. The minimum atomic E-state index is -5.00. The summed E-state index contributed by atoms with van der Waals surface area (Å²) < 4.78 is 76.5. The van der Waals surface area contributed by atoms with Crippen LogP contribution in [0, 0.1) is 17.1 Å². The number of para-hydroxylation sites is 1. The highest BCUT2D eigenvalue weighted by Crippen LogP contribution is 2.43. The van der Waals surface area contributed by atoms with Gasteiger partial charge in [0.2, 0.25) is 11.7 Å². The van der Waals surface area contributed by atoms with Gasteiger partial charge in [0.05, 0.1) is 50.8 Å². The summed E-state index contributed by atoms with van der Waals surface area (Å²) in [6, 6.07) is 12.0. The molecule has 1 aromatic heterocycles. The average Bonchev–Trinajstić information content (AvgIpc) is 3.38. The molecule has 0 aliphatic carbocycles. The number of nitrogen functional groups attached to an aromatic ring is 1. The zero-order valence-electron chi connectivity index (χ0n) is 25.3. The lowest BCUT2D eigenvalue weighted by atomic mass is 9.81. The van der Waals surface area contributed by atoms with E-state index in [1.54, 1.807) is 6.07 Å². The number of alkyl halides is 3. The predicted octanol–water partition coefficient (Wildman–Crippen LogP) is 2.59. The van der Waals surface area contributed by atoms with Crippen LogP contribution in [0.4, 0.5) is 17.6 Å². The molecule has 1 amide bonds. The Morgan fingerprint density at radius 2 is 1.79 bits per heavy atom. The van der Waals surface area contributed by atoms with E-state index in [1.165, 1.54) is 54.5 Å². The lowest BCUT2D eigenvalue weighted by molar-refractivity contribution is -0.194. The summed E-state index contributed by atoms with van der Waals surface area (Å²) in [5, 5.41) is 11.5. The van der Waals surface area contributed by atoms with E-state index in [9.17, 15) is 27.6 Å². The molecule has 16 heteroatoms. The zero-order chi connectivity index (χ0) is 33.9. The van der Waals surface area contributed by atoms with Crippen LogP contribution in [0.5, 0.6) is 11.6 Å². The topological polar surface area (TPSA) is 153 Å². The predicted molar refractivity (Wildman–Crippen MR) is 158 cm³/mol. The zero-order valence-corrected chi connectivity index (χ0v) is 25.3. The van der Waals surface area contributed by atoms with Gasteiger partial charge < -0.3 is 24.8 Å². The van der Waals surface area contributed by atoms with Crippen LogP contribution in [-0.2, 0) is 20.9 Å². The molecular weight excluding hydrogens is 628 g/mol. The van der Waals surface area contributed by atoms with E-state index >= 15 is 4.39 Å². The van der Waals surface area contributed by atoms with Crippen molar-refractivity contribution >= 4 is 23.4 Å². The van der Waals surface area contributed by atoms with Crippen LogP contribution in [0.1, 0.15) is 33.1 Å². The van der Waals surface area contributed by atoms with Gasteiger partial charge >= 0.3 is 6.18 Å². The van der Waals surface area contributed by atoms with E-state index < -0.39 is 72.6 Å². The normalized spacial score (nSPS) is 19.0. The van der Waals surface area contributed by atoms with E-state index in [0.717, 1.165) is 4.90 Å². The molecular formula is C31H32F4N6O6. The van der Waals surface area contributed by atoms with E-state index in [4.69, 9.17) is 25.4 Å². The Morgan fingerprint density at radius 3 is 2.43 bits per heavy atom. The van der Waals surface area contributed by atoms with Crippen LogP contribution in [0.2, 0.25) is 0 Å². The summed E-state index contributed by atoms with van der Waals surface area (Å²) in [6.45, 7) is -0.997. The number of piperidine rings is 1. The number of amides is 1. The van der Waals surface area contributed by atoms with Crippen LogP contribution in [0.25, 0.3) is 0 Å². The van der Waals surface area contributed by atoms with Gasteiger partial charge in [0.25, 0.3) is 11.8 Å².